The van der Waals surface area contributed by atoms with Crippen molar-refractivity contribution >= 4 is 5.97 Å². The summed E-state index contributed by atoms with van der Waals surface area (Å²) in [5, 5.41) is 8.78. The Morgan fingerprint density at radius 3 is 2.35 bits per heavy atom. The van der Waals surface area contributed by atoms with Crippen molar-refractivity contribution < 1.29 is 14.6 Å². The number of methoxy groups -OCH3 is 1. The lowest BCUT2D eigenvalue weighted by Gasteiger charge is -2.38. The van der Waals surface area contributed by atoms with E-state index in [0.29, 0.717) is 24.7 Å². The Morgan fingerprint density at radius 1 is 1.35 bits per heavy atom. The molecule has 1 aliphatic carbocycles. The quantitative estimate of drug-likeness (QED) is 0.776. The van der Waals surface area contributed by atoms with Gasteiger partial charge in [-0.25, -0.2) is 0 Å². The van der Waals surface area contributed by atoms with E-state index in [9.17, 15) is 4.79 Å². The van der Waals surface area contributed by atoms with Gasteiger partial charge in [-0.2, -0.15) is 0 Å². The molecule has 0 amide bonds. The van der Waals surface area contributed by atoms with Crippen LogP contribution in [0.1, 0.15) is 46.0 Å². The summed E-state index contributed by atoms with van der Waals surface area (Å²) in [5.41, 5.74) is 0. The monoisotopic (exact) mass is 243 g/mol. The summed E-state index contributed by atoms with van der Waals surface area (Å²) < 4.78 is 5.37. The van der Waals surface area contributed by atoms with E-state index in [1.54, 1.807) is 7.11 Å². The third-order valence-corrected chi connectivity index (χ3v) is 3.69. The standard InChI is InChI=1S/C13H25NO3/c1-10(2)14(9-8-13(15)16)11-4-6-12(17-3)7-5-11/h10-12H,4-9H2,1-3H3,(H,15,16). The fraction of sp³-hybridized carbons (Fsp3) is 0.923. The molecule has 0 aromatic heterocycles. The second-order valence-electron chi connectivity index (χ2n) is 5.14. The molecule has 0 aromatic rings. The lowest BCUT2D eigenvalue weighted by molar-refractivity contribution is -0.137. The van der Waals surface area contributed by atoms with Gasteiger partial charge in [-0.05, 0) is 39.5 Å². The third-order valence-electron chi connectivity index (χ3n) is 3.69. The van der Waals surface area contributed by atoms with Gasteiger partial charge in [0.25, 0.3) is 0 Å². The predicted molar refractivity (Wildman–Crippen MR) is 67.1 cm³/mol. The van der Waals surface area contributed by atoms with Gasteiger partial charge < -0.3 is 9.84 Å². The first-order chi connectivity index (χ1) is 8.04. The minimum atomic E-state index is -0.707. The second-order valence-corrected chi connectivity index (χ2v) is 5.14. The summed E-state index contributed by atoms with van der Waals surface area (Å²) in [7, 11) is 1.77. The van der Waals surface area contributed by atoms with Crippen molar-refractivity contribution in [2.75, 3.05) is 13.7 Å². The highest BCUT2D eigenvalue weighted by Crippen LogP contribution is 2.26. The average molecular weight is 243 g/mol. The van der Waals surface area contributed by atoms with Crippen molar-refractivity contribution in [3.63, 3.8) is 0 Å². The van der Waals surface area contributed by atoms with Gasteiger partial charge in [0.15, 0.2) is 0 Å². The molecule has 0 unspecified atom stereocenters. The molecule has 4 heteroatoms. The van der Waals surface area contributed by atoms with Crippen LogP contribution < -0.4 is 0 Å². The summed E-state index contributed by atoms with van der Waals surface area (Å²) >= 11 is 0. The Bertz CT molecular complexity index is 235. The van der Waals surface area contributed by atoms with Crippen molar-refractivity contribution in [3.8, 4) is 0 Å². The van der Waals surface area contributed by atoms with Crippen LogP contribution in [0.5, 0.6) is 0 Å². The molecule has 4 nitrogen and oxygen atoms in total. The Morgan fingerprint density at radius 2 is 1.94 bits per heavy atom. The van der Waals surface area contributed by atoms with Crippen molar-refractivity contribution in [1.82, 2.24) is 4.90 Å². The smallest absolute Gasteiger partial charge is 0.304 e. The summed E-state index contributed by atoms with van der Waals surface area (Å²) in [6.45, 7) is 4.95. The minimum Gasteiger partial charge on any atom is -0.481 e. The van der Waals surface area contributed by atoms with Crippen LogP contribution in [-0.4, -0.2) is 47.8 Å². The Kier molecular flexibility index (Phi) is 5.92. The van der Waals surface area contributed by atoms with Crippen LogP contribution in [0, 0.1) is 0 Å². The maximum atomic E-state index is 10.7. The number of aliphatic carboxylic acids is 1. The van der Waals surface area contributed by atoms with E-state index < -0.39 is 5.97 Å². The molecule has 0 radical (unpaired) electrons. The Hall–Kier alpha value is -0.610. The number of nitrogens with zero attached hydrogens (tertiary/aromatic N) is 1. The zero-order valence-corrected chi connectivity index (χ0v) is 11.2. The Balaban J connectivity index is 2.45. The molecule has 1 rings (SSSR count). The molecule has 100 valence electrons. The fourth-order valence-corrected chi connectivity index (χ4v) is 2.70. The second kappa shape index (κ2) is 6.97. The molecular formula is C13H25NO3. The van der Waals surface area contributed by atoms with Crippen molar-refractivity contribution in [3.05, 3.63) is 0 Å². The topological polar surface area (TPSA) is 49.8 Å². The molecule has 1 aliphatic rings. The number of carbonyl (C=O) groups is 1. The van der Waals surface area contributed by atoms with Crippen molar-refractivity contribution in [2.45, 2.75) is 64.1 Å². The van der Waals surface area contributed by atoms with E-state index in [-0.39, 0.29) is 6.42 Å². The molecule has 17 heavy (non-hydrogen) atoms. The first-order valence-electron chi connectivity index (χ1n) is 6.55. The maximum Gasteiger partial charge on any atom is 0.304 e. The van der Waals surface area contributed by atoms with Gasteiger partial charge in [-0.15, -0.1) is 0 Å². The highest BCUT2D eigenvalue weighted by Gasteiger charge is 2.27. The summed E-state index contributed by atoms with van der Waals surface area (Å²) in [6, 6.07) is 0.944. The molecular weight excluding hydrogens is 218 g/mol. The maximum absolute atomic E-state index is 10.7. The van der Waals surface area contributed by atoms with E-state index in [4.69, 9.17) is 9.84 Å². The molecule has 0 aliphatic heterocycles. The van der Waals surface area contributed by atoms with Crippen LogP contribution in [-0.2, 0) is 9.53 Å². The van der Waals surface area contributed by atoms with Crippen molar-refractivity contribution in [1.29, 1.82) is 0 Å². The van der Waals surface area contributed by atoms with Gasteiger partial charge in [-0.3, -0.25) is 9.69 Å². The van der Waals surface area contributed by atoms with Crippen LogP contribution in [0.3, 0.4) is 0 Å². The third kappa shape index (κ3) is 4.64. The highest BCUT2D eigenvalue weighted by molar-refractivity contribution is 5.66. The number of hydrogen-bond donors (Lipinski definition) is 1. The lowest BCUT2D eigenvalue weighted by atomic mass is 9.91. The number of carboxylic acid groups (broad SMARTS) is 1. The first-order valence-corrected chi connectivity index (χ1v) is 6.55. The normalized spacial score (nSPS) is 25.5. The number of ether oxygens (including phenoxy) is 1. The first kappa shape index (κ1) is 14.5. The zero-order chi connectivity index (χ0) is 12.8. The van der Waals surface area contributed by atoms with E-state index in [2.05, 4.69) is 18.7 Å². The van der Waals surface area contributed by atoms with Crippen LogP contribution >= 0.6 is 0 Å². The number of carboxylic acids is 1. The van der Waals surface area contributed by atoms with Gasteiger partial charge in [0.1, 0.15) is 0 Å². The molecule has 0 aromatic carbocycles. The lowest BCUT2D eigenvalue weighted by Crippen LogP contribution is -2.44. The van der Waals surface area contributed by atoms with Gasteiger partial charge in [-0.1, -0.05) is 0 Å². The van der Waals surface area contributed by atoms with E-state index >= 15 is 0 Å². The SMILES string of the molecule is COC1CCC(N(CCC(=O)O)C(C)C)CC1. The molecule has 0 atom stereocenters. The highest BCUT2D eigenvalue weighted by atomic mass is 16.5. The number of rotatable bonds is 6. The largest absolute Gasteiger partial charge is 0.481 e. The molecule has 1 N–H and O–H groups in total. The van der Waals surface area contributed by atoms with E-state index in [1.165, 1.54) is 0 Å². The molecule has 0 saturated heterocycles. The number of hydrogen-bond acceptors (Lipinski definition) is 3. The molecule has 0 spiro atoms. The minimum absolute atomic E-state index is 0.238. The zero-order valence-electron chi connectivity index (χ0n) is 11.2. The fourth-order valence-electron chi connectivity index (χ4n) is 2.70. The predicted octanol–water partition coefficient (Wildman–Crippen LogP) is 2.13. The van der Waals surface area contributed by atoms with Gasteiger partial charge >= 0.3 is 5.97 Å². The van der Waals surface area contributed by atoms with Gasteiger partial charge in [0.05, 0.1) is 12.5 Å². The van der Waals surface area contributed by atoms with Crippen LogP contribution in [0.15, 0.2) is 0 Å². The average Bonchev–Trinajstić information content (AvgIpc) is 2.29. The van der Waals surface area contributed by atoms with Crippen LogP contribution in [0.25, 0.3) is 0 Å². The van der Waals surface area contributed by atoms with Gasteiger partial charge in [0, 0.05) is 25.7 Å². The summed E-state index contributed by atoms with van der Waals surface area (Å²) in [4.78, 5) is 13.0. The summed E-state index contributed by atoms with van der Waals surface area (Å²) in [6.07, 6.45) is 5.07. The van der Waals surface area contributed by atoms with Crippen LogP contribution in [0.2, 0.25) is 0 Å². The van der Waals surface area contributed by atoms with Crippen LogP contribution in [0.4, 0.5) is 0 Å². The van der Waals surface area contributed by atoms with E-state index in [1.807, 2.05) is 0 Å². The summed E-state index contributed by atoms with van der Waals surface area (Å²) in [5.74, 6) is -0.707. The molecule has 0 bridgehead atoms. The molecule has 0 heterocycles. The Labute approximate surface area is 104 Å². The molecule has 1 saturated carbocycles. The molecule has 1 fully saturated rings. The van der Waals surface area contributed by atoms with E-state index in [0.717, 1.165) is 25.7 Å². The van der Waals surface area contributed by atoms with Gasteiger partial charge in [0.2, 0.25) is 0 Å². The van der Waals surface area contributed by atoms with Crippen molar-refractivity contribution in [2.24, 2.45) is 0 Å².